The molecule has 1 saturated heterocycles. The molecule has 2 heterocycles. The Hall–Kier alpha value is -3.72. The quantitative estimate of drug-likeness (QED) is 0.573. The molecule has 0 bridgehead atoms. The fourth-order valence-electron chi connectivity index (χ4n) is 4.07. The van der Waals surface area contributed by atoms with Crippen LogP contribution in [0.25, 0.3) is 11.0 Å². The molecule has 0 spiro atoms. The smallest absolute Gasteiger partial charge is 0.411 e. The second kappa shape index (κ2) is 10.5. The number of amides is 2. The summed E-state index contributed by atoms with van der Waals surface area (Å²) in [6.07, 6.45) is 0.199. The van der Waals surface area contributed by atoms with Gasteiger partial charge >= 0.3 is 11.7 Å². The van der Waals surface area contributed by atoms with Crippen LogP contribution in [0.15, 0.2) is 57.7 Å². The van der Waals surface area contributed by atoms with E-state index < -0.39 is 11.7 Å². The maximum Gasteiger partial charge on any atom is 0.411 e. The second-order valence-electron chi connectivity index (χ2n) is 8.08. The maximum atomic E-state index is 13.2. The zero-order valence-corrected chi connectivity index (χ0v) is 18.9. The van der Waals surface area contributed by atoms with Gasteiger partial charge in [0.15, 0.2) is 0 Å². The van der Waals surface area contributed by atoms with Crippen LogP contribution < -0.4 is 10.9 Å². The molecule has 1 N–H and O–H groups in total. The first kappa shape index (κ1) is 23.4. The van der Waals surface area contributed by atoms with E-state index in [0.29, 0.717) is 43.0 Å². The van der Waals surface area contributed by atoms with Crippen molar-refractivity contribution in [2.24, 2.45) is 0 Å². The zero-order valence-electron chi connectivity index (χ0n) is 18.9. The van der Waals surface area contributed by atoms with Gasteiger partial charge in [-0.15, -0.1) is 0 Å². The van der Waals surface area contributed by atoms with Crippen molar-refractivity contribution < 1.29 is 23.1 Å². The molecule has 4 rings (SSSR count). The largest absolute Gasteiger partial charge is 0.450 e. The van der Waals surface area contributed by atoms with Crippen LogP contribution in [0.2, 0.25) is 0 Å². The number of anilines is 1. The van der Waals surface area contributed by atoms with Gasteiger partial charge in [0.05, 0.1) is 6.61 Å². The zero-order chi connectivity index (χ0) is 24.1. The molecule has 1 aliphatic heterocycles. The SMILES string of the molecule is CCOC(=O)Nc1ccc2c(CN3CCCN(C(=O)c4ccc(F)cc4)CC3)cc(=O)oc2c1. The lowest BCUT2D eigenvalue weighted by molar-refractivity contribution is 0.0761. The predicted molar refractivity (Wildman–Crippen MR) is 125 cm³/mol. The third-order valence-electron chi connectivity index (χ3n) is 5.71. The first-order valence-electron chi connectivity index (χ1n) is 11.2. The van der Waals surface area contributed by atoms with Gasteiger partial charge in [0.2, 0.25) is 0 Å². The number of nitrogens with zero attached hydrogens (tertiary/aromatic N) is 2. The molecule has 34 heavy (non-hydrogen) atoms. The van der Waals surface area contributed by atoms with E-state index in [4.69, 9.17) is 9.15 Å². The molecule has 1 aliphatic rings. The molecule has 2 aromatic carbocycles. The van der Waals surface area contributed by atoms with Gasteiger partial charge in [-0.05, 0) is 55.3 Å². The van der Waals surface area contributed by atoms with E-state index in [1.165, 1.54) is 30.3 Å². The summed E-state index contributed by atoms with van der Waals surface area (Å²) in [6, 6.07) is 12.2. The van der Waals surface area contributed by atoms with Gasteiger partial charge in [-0.2, -0.15) is 0 Å². The summed E-state index contributed by atoms with van der Waals surface area (Å²) in [5.41, 5.74) is 1.65. The van der Waals surface area contributed by atoms with Gasteiger partial charge in [0.25, 0.3) is 5.91 Å². The highest BCUT2D eigenvalue weighted by Crippen LogP contribution is 2.23. The third kappa shape index (κ3) is 5.60. The molecule has 0 aliphatic carbocycles. The number of rotatable bonds is 5. The summed E-state index contributed by atoms with van der Waals surface area (Å²) in [7, 11) is 0. The van der Waals surface area contributed by atoms with Gasteiger partial charge in [-0.1, -0.05) is 0 Å². The summed E-state index contributed by atoms with van der Waals surface area (Å²) >= 11 is 0. The van der Waals surface area contributed by atoms with Crippen molar-refractivity contribution >= 4 is 28.7 Å². The van der Waals surface area contributed by atoms with Crippen LogP contribution >= 0.6 is 0 Å². The van der Waals surface area contributed by atoms with E-state index in [-0.39, 0.29) is 18.3 Å². The van der Waals surface area contributed by atoms with Crippen LogP contribution in [0.5, 0.6) is 0 Å². The number of halogens is 1. The Balaban J connectivity index is 1.46. The highest BCUT2D eigenvalue weighted by atomic mass is 19.1. The number of nitrogens with one attached hydrogen (secondary N) is 1. The second-order valence-corrected chi connectivity index (χ2v) is 8.08. The Bertz CT molecular complexity index is 1240. The molecule has 1 fully saturated rings. The number of benzene rings is 2. The molecular formula is C25H26FN3O5. The Labute approximate surface area is 195 Å². The van der Waals surface area contributed by atoms with Crippen molar-refractivity contribution in [2.45, 2.75) is 19.9 Å². The molecular weight excluding hydrogens is 441 g/mol. The Morgan fingerprint density at radius 1 is 1.06 bits per heavy atom. The van der Waals surface area contributed by atoms with Crippen molar-refractivity contribution in [3.05, 3.63) is 75.9 Å². The van der Waals surface area contributed by atoms with Gasteiger partial charge in [-0.25, -0.2) is 14.0 Å². The summed E-state index contributed by atoms with van der Waals surface area (Å²) in [4.78, 5) is 40.6. The number of ether oxygens (including phenoxy) is 1. The molecule has 3 aromatic rings. The lowest BCUT2D eigenvalue weighted by Crippen LogP contribution is -2.35. The van der Waals surface area contributed by atoms with Gasteiger partial charge in [0, 0.05) is 61.5 Å². The van der Waals surface area contributed by atoms with Crippen molar-refractivity contribution in [1.82, 2.24) is 9.80 Å². The van der Waals surface area contributed by atoms with Crippen molar-refractivity contribution in [3.8, 4) is 0 Å². The highest BCUT2D eigenvalue weighted by molar-refractivity contribution is 5.94. The normalized spacial score (nSPS) is 14.6. The average Bonchev–Trinajstić information content (AvgIpc) is 3.04. The van der Waals surface area contributed by atoms with Crippen LogP contribution in [0.3, 0.4) is 0 Å². The first-order valence-corrected chi connectivity index (χ1v) is 11.2. The van der Waals surface area contributed by atoms with Crippen LogP contribution in [-0.2, 0) is 11.3 Å². The lowest BCUT2D eigenvalue weighted by Gasteiger charge is -2.22. The van der Waals surface area contributed by atoms with Crippen LogP contribution in [0, 0.1) is 5.82 Å². The summed E-state index contributed by atoms with van der Waals surface area (Å²) in [6.45, 7) is 5.02. The molecule has 1 aromatic heterocycles. The number of carbonyl (C=O) groups excluding carboxylic acids is 2. The summed E-state index contributed by atoms with van der Waals surface area (Å²) in [5, 5.41) is 3.38. The highest BCUT2D eigenvalue weighted by Gasteiger charge is 2.21. The molecule has 0 unspecified atom stereocenters. The number of carbonyl (C=O) groups is 2. The van der Waals surface area contributed by atoms with Gasteiger partial charge in [-0.3, -0.25) is 15.0 Å². The molecule has 0 saturated carbocycles. The lowest BCUT2D eigenvalue weighted by atomic mass is 10.1. The van der Waals surface area contributed by atoms with Gasteiger partial charge in [0.1, 0.15) is 11.4 Å². The van der Waals surface area contributed by atoms with Crippen molar-refractivity contribution in [2.75, 3.05) is 38.1 Å². The number of fused-ring (bicyclic) bond motifs is 1. The Kier molecular flexibility index (Phi) is 7.22. The minimum atomic E-state index is -0.579. The van der Waals surface area contributed by atoms with E-state index >= 15 is 0 Å². The topological polar surface area (TPSA) is 92.1 Å². The maximum absolute atomic E-state index is 13.2. The standard InChI is InChI=1S/C25H26FN3O5/c1-2-33-25(32)27-20-8-9-21-18(14-23(30)34-22(21)15-20)16-28-10-3-11-29(13-12-28)24(31)17-4-6-19(26)7-5-17/h4-9,14-15H,2-3,10-13,16H2,1H3,(H,27,32). The Morgan fingerprint density at radius 3 is 2.62 bits per heavy atom. The fraction of sp³-hybridized carbons (Fsp3) is 0.320. The third-order valence-corrected chi connectivity index (χ3v) is 5.71. The number of hydrogen-bond acceptors (Lipinski definition) is 6. The molecule has 9 heteroatoms. The molecule has 0 atom stereocenters. The monoisotopic (exact) mass is 467 g/mol. The van der Waals surface area contributed by atoms with Crippen molar-refractivity contribution in [3.63, 3.8) is 0 Å². The van der Waals surface area contributed by atoms with Gasteiger partial charge < -0.3 is 14.1 Å². The van der Waals surface area contributed by atoms with E-state index in [1.807, 2.05) is 0 Å². The van der Waals surface area contributed by atoms with Crippen LogP contribution in [0.4, 0.5) is 14.9 Å². The Morgan fingerprint density at radius 2 is 1.85 bits per heavy atom. The molecule has 8 nitrogen and oxygen atoms in total. The van der Waals surface area contributed by atoms with E-state index in [2.05, 4.69) is 10.2 Å². The summed E-state index contributed by atoms with van der Waals surface area (Å²) < 4.78 is 23.4. The molecule has 178 valence electrons. The van der Waals surface area contributed by atoms with Crippen LogP contribution in [0.1, 0.15) is 29.3 Å². The molecule has 2 amide bonds. The van der Waals surface area contributed by atoms with E-state index in [9.17, 15) is 18.8 Å². The first-order chi connectivity index (χ1) is 16.4. The molecule has 0 radical (unpaired) electrons. The fourth-order valence-corrected chi connectivity index (χ4v) is 4.07. The predicted octanol–water partition coefficient (Wildman–Crippen LogP) is 3.85. The average molecular weight is 467 g/mol. The minimum absolute atomic E-state index is 0.116. The number of hydrogen-bond donors (Lipinski definition) is 1. The summed E-state index contributed by atoms with van der Waals surface area (Å²) in [5.74, 6) is -0.490. The minimum Gasteiger partial charge on any atom is -0.450 e. The van der Waals surface area contributed by atoms with E-state index in [1.54, 1.807) is 30.0 Å². The van der Waals surface area contributed by atoms with Crippen molar-refractivity contribution in [1.29, 1.82) is 0 Å². The van der Waals surface area contributed by atoms with Crippen LogP contribution in [-0.4, -0.2) is 54.6 Å². The van der Waals surface area contributed by atoms with E-state index in [0.717, 1.165) is 23.9 Å².